The highest BCUT2D eigenvalue weighted by Crippen LogP contribution is 2.46. The van der Waals surface area contributed by atoms with E-state index in [4.69, 9.17) is 14.4 Å². The van der Waals surface area contributed by atoms with Gasteiger partial charge in [0.1, 0.15) is 16.8 Å². The Hall–Kier alpha value is -9.32. The van der Waals surface area contributed by atoms with Crippen LogP contribution in [0.2, 0.25) is 0 Å². The maximum absolute atomic E-state index is 6.75. The summed E-state index contributed by atoms with van der Waals surface area (Å²) in [6, 6.07) is 86.6. The maximum Gasteiger partial charge on any atom is 0.180 e. The first-order valence-corrected chi connectivity index (χ1v) is 23.4. The third-order valence-electron chi connectivity index (χ3n) is 13.7. The summed E-state index contributed by atoms with van der Waals surface area (Å²) < 4.78 is 11.7. The van der Waals surface area contributed by atoms with Crippen LogP contribution in [-0.2, 0) is 0 Å². The molecule has 0 saturated heterocycles. The van der Waals surface area contributed by atoms with Crippen molar-refractivity contribution >= 4 is 65.7 Å². The molecule has 5 nitrogen and oxygen atoms in total. The van der Waals surface area contributed by atoms with Crippen molar-refractivity contribution in [3.8, 4) is 67.4 Å². The van der Waals surface area contributed by atoms with Crippen molar-refractivity contribution in [1.29, 1.82) is 0 Å². The lowest BCUT2D eigenvalue weighted by Crippen LogP contribution is -2.03. The van der Waals surface area contributed by atoms with Gasteiger partial charge in [0.15, 0.2) is 11.4 Å². The quantitative estimate of drug-likeness (QED) is 0.160. The van der Waals surface area contributed by atoms with Gasteiger partial charge in [-0.3, -0.25) is 0 Å². The predicted octanol–water partition coefficient (Wildman–Crippen LogP) is 16.9. The number of furan rings is 1. The number of benzene rings is 10. The molecule has 0 aliphatic rings. The lowest BCUT2D eigenvalue weighted by molar-refractivity contribution is 0.667. The molecule has 0 spiro atoms. The normalized spacial score (nSPS) is 11.8. The molecular weight excluding hydrogens is 841 g/mol. The zero-order chi connectivity index (χ0) is 45.4. The zero-order valence-corrected chi connectivity index (χ0v) is 37.3. The average Bonchev–Trinajstić information content (AvgIpc) is 4.08. The van der Waals surface area contributed by atoms with E-state index in [9.17, 15) is 0 Å². The van der Waals surface area contributed by atoms with Gasteiger partial charge in [-0.2, -0.15) is 0 Å². The van der Waals surface area contributed by atoms with E-state index < -0.39 is 0 Å². The first-order chi connectivity index (χ1) is 34.2. The third kappa shape index (κ3) is 6.25. The molecule has 14 aromatic rings. The summed E-state index contributed by atoms with van der Waals surface area (Å²) in [4.78, 5) is 10.6. The van der Waals surface area contributed by atoms with E-state index in [1.54, 1.807) is 0 Å². The standard InChI is InChI=1S/C64H40N4O/c1-5-19-41(20-6-1)45-33-35-57-53(37-45)54-40-47(67-55-30-16-13-27-48(55)49-28-14-17-31-56(49)67)34-36-58(54)68(57)62-51(42-21-7-2-8-22-42)38-46(39-52(62)43-23-9-3-10-24-43)60-63-61(50-29-15-18-32-59(50)69-63)66-64(65-60)44-25-11-4-12-26-44/h1-40H. The van der Waals surface area contributed by atoms with Crippen LogP contribution in [-0.4, -0.2) is 19.1 Å². The highest BCUT2D eigenvalue weighted by molar-refractivity contribution is 6.14. The van der Waals surface area contributed by atoms with Crippen molar-refractivity contribution in [2.45, 2.75) is 0 Å². The van der Waals surface area contributed by atoms with Gasteiger partial charge in [0, 0.05) is 54.9 Å². The molecule has 0 aliphatic heterocycles. The Bertz CT molecular complexity index is 4170. The molecule has 4 heterocycles. The summed E-state index contributed by atoms with van der Waals surface area (Å²) in [5.74, 6) is 0.645. The van der Waals surface area contributed by atoms with Crippen LogP contribution in [0.4, 0.5) is 0 Å². The van der Waals surface area contributed by atoms with Gasteiger partial charge in [0.25, 0.3) is 0 Å². The van der Waals surface area contributed by atoms with Gasteiger partial charge in [0.2, 0.25) is 0 Å². The van der Waals surface area contributed by atoms with Crippen LogP contribution >= 0.6 is 0 Å². The lowest BCUT2D eigenvalue weighted by Gasteiger charge is -2.21. The minimum atomic E-state index is 0.645. The van der Waals surface area contributed by atoms with Crippen LogP contribution in [0.3, 0.4) is 0 Å². The Balaban J connectivity index is 1.11. The second-order valence-corrected chi connectivity index (χ2v) is 17.7. The van der Waals surface area contributed by atoms with E-state index in [0.29, 0.717) is 11.4 Å². The molecule has 0 N–H and O–H groups in total. The monoisotopic (exact) mass is 880 g/mol. The number of nitrogens with zero attached hydrogens (tertiary/aromatic N) is 4. The van der Waals surface area contributed by atoms with Crippen LogP contribution in [0, 0.1) is 0 Å². The molecule has 0 atom stereocenters. The van der Waals surface area contributed by atoms with Crippen molar-refractivity contribution in [3.05, 3.63) is 243 Å². The van der Waals surface area contributed by atoms with Crippen molar-refractivity contribution in [2.75, 3.05) is 0 Å². The summed E-state index contributed by atoms with van der Waals surface area (Å²) >= 11 is 0. The smallest absolute Gasteiger partial charge is 0.180 e. The van der Waals surface area contributed by atoms with Gasteiger partial charge in [-0.25, -0.2) is 9.97 Å². The van der Waals surface area contributed by atoms with Crippen molar-refractivity contribution in [1.82, 2.24) is 19.1 Å². The average molecular weight is 881 g/mol. The number of aromatic nitrogens is 4. The van der Waals surface area contributed by atoms with Crippen molar-refractivity contribution < 1.29 is 4.42 Å². The molecule has 0 aliphatic carbocycles. The minimum Gasteiger partial charge on any atom is -0.452 e. The molecule has 0 unspecified atom stereocenters. The van der Waals surface area contributed by atoms with Gasteiger partial charge in [-0.1, -0.05) is 176 Å². The topological polar surface area (TPSA) is 48.8 Å². The maximum atomic E-state index is 6.75. The van der Waals surface area contributed by atoms with Crippen molar-refractivity contribution in [3.63, 3.8) is 0 Å². The SMILES string of the molecule is c1ccc(-c2ccc3c(c2)c2cc(-n4c5ccccc5c5ccccc54)ccc2n3-c2c(-c3ccccc3)cc(-c3nc(-c4ccccc4)nc4c3oc3ccccc34)cc2-c2ccccc2)cc1. The number of fused-ring (bicyclic) bond motifs is 9. The number of para-hydroxylation sites is 3. The fourth-order valence-corrected chi connectivity index (χ4v) is 10.6. The van der Waals surface area contributed by atoms with E-state index in [0.717, 1.165) is 83.4 Å². The van der Waals surface area contributed by atoms with Crippen LogP contribution in [0.5, 0.6) is 0 Å². The molecule has 5 heteroatoms. The van der Waals surface area contributed by atoms with Crippen LogP contribution in [0.25, 0.3) is 133 Å². The minimum absolute atomic E-state index is 0.645. The molecule has 0 saturated carbocycles. The van der Waals surface area contributed by atoms with Crippen LogP contribution < -0.4 is 0 Å². The second kappa shape index (κ2) is 15.7. The molecule has 69 heavy (non-hydrogen) atoms. The van der Waals surface area contributed by atoms with E-state index in [1.165, 1.54) is 38.3 Å². The number of hydrogen-bond donors (Lipinski definition) is 0. The van der Waals surface area contributed by atoms with Crippen LogP contribution in [0.15, 0.2) is 247 Å². The zero-order valence-electron chi connectivity index (χ0n) is 37.3. The summed E-state index contributed by atoms with van der Waals surface area (Å²) in [5.41, 5.74) is 18.2. The van der Waals surface area contributed by atoms with Gasteiger partial charge >= 0.3 is 0 Å². The summed E-state index contributed by atoms with van der Waals surface area (Å²) in [6.07, 6.45) is 0. The lowest BCUT2D eigenvalue weighted by atomic mass is 9.91. The van der Waals surface area contributed by atoms with E-state index in [1.807, 2.05) is 36.4 Å². The highest BCUT2D eigenvalue weighted by atomic mass is 16.3. The number of hydrogen-bond acceptors (Lipinski definition) is 3. The molecule has 4 aromatic heterocycles. The van der Waals surface area contributed by atoms with E-state index in [-0.39, 0.29) is 0 Å². The predicted molar refractivity (Wildman–Crippen MR) is 285 cm³/mol. The van der Waals surface area contributed by atoms with E-state index in [2.05, 4.69) is 215 Å². The van der Waals surface area contributed by atoms with Crippen LogP contribution in [0.1, 0.15) is 0 Å². The Kier molecular flexibility index (Phi) is 8.83. The molecule has 0 radical (unpaired) electrons. The van der Waals surface area contributed by atoms with E-state index >= 15 is 0 Å². The largest absolute Gasteiger partial charge is 0.452 e. The van der Waals surface area contributed by atoms with Gasteiger partial charge < -0.3 is 13.6 Å². The summed E-state index contributed by atoms with van der Waals surface area (Å²) in [5, 5.41) is 5.76. The molecule has 0 fully saturated rings. The molecule has 10 aromatic carbocycles. The Morgan fingerprint density at radius 3 is 1.43 bits per heavy atom. The Morgan fingerprint density at radius 1 is 0.319 bits per heavy atom. The molecule has 322 valence electrons. The Morgan fingerprint density at radius 2 is 0.812 bits per heavy atom. The molecule has 0 bridgehead atoms. The summed E-state index contributed by atoms with van der Waals surface area (Å²) in [6.45, 7) is 0. The molecule has 14 rings (SSSR count). The Labute approximate surface area is 397 Å². The van der Waals surface area contributed by atoms with Gasteiger partial charge in [-0.05, 0) is 89.0 Å². The van der Waals surface area contributed by atoms with Gasteiger partial charge in [0.05, 0.1) is 27.8 Å². The van der Waals surface area contributed by atoms with Gasteiger partial charge in [-0.15, -0.1) is 0 Å². The fourth-order valence-electron chi connectivity index (χ4n) is 10.6. The molecular formula is C64H40N4O. The number of rotatable bonds is 7. The highest BCUT2D eigenvalue weighted by Gasteiger charge is 2.25. The first kappa shape index (κ1) is 38.9. The second-order valence-electron chi connectivity index (χ2n) is 17.7. The third-order valence-corrected chi connectivity index (χ3v) is 13.7. The fraction of sp³-hybridized carbons (Fsp3) is 0. The molecule has 0 amide bonds. The summed E-state index contributed by atoms with van der Waals surface area (Å²) in [7, 11) is 0. The first-order valence-electron chi connectivity index (χ1n) is 23.4. The van der Waals surface area contributed by atoms with Crippen molar-refractivity contribution in [2.24, 2.45) is 0 Å².